The number of nitrogens with one attached hydrogen (secondary N) is 2. The monoisotopic (exact) mass is 379 g/mol. The number of pyridine rings is 1. The minimum Gasteiger partial charge on any atom is -0.331 e. The molecule has 3 heterocycles. The van der Waals surface area contributed by atoms with Crippen LogP contribution in [0.2, 0.25) is 0 Å². The number of amides is 4. The van der Waals surface area contributed by atoms with E-state index in [0.717, 1.165) is 17.7 Å². The van der Waals surface area contributed by atoms with E-state index >= 15 is 0 Å². The largest absolute Gasteiger partial charge is 0.331 e. The fourth-order valence-corrected chi connectivity index (χ4v) is 4.13. The van der Waals surface area contributed by atoms with Crippen LogP contribution < -0.4 is 10.6 Å². The third kappa shape index (κ3) is 3.40. The van der Waals surface area contributed by atoms with Crippen LogP contribution >= 0.6 is 0 Å². The first kappa shape index (κ1) is 18.3. The minimum absolute atomic E-state index is 0.0307. The van der Waals surface area contributed by atoms with Crippen molar-refractivity contribution in [3.63, 3.8) is 0 Å². The molecule has 2 aliphatic rings. The smallest absolute Gasteiger partial charge is 0.321 e. The number of aromatic nitrogens is 1. The number of hydrogen-bond acceptors (Lipinski definition) is 3. The Kier molecular flexibility index (Phi) is 4.90. The number of nitrogens with zero attached hydrogens (tertiary/aromatic N) is 3. The molecule has 4 rings (SSSR count). The Hall–Kier alpha value is -3.09. The summed E-state index contributed by atoms with van der Waals surface area (Å²) in [6.45, 7) is 5.17. The average Bonchev–Trinajstić information content (AvgIpc) is 3.04. The lowest BCUT2D eigenvalue weighted by atomic mass is 9.99. The normalized spacial score (nSPS) is 21.5. The Labute approximate surface area is 164 Å². The second kappa shape index (κ2) is 7.50. The Morgan fingerprint density at radius 1 is 1.21 bits per heavy atom. The van der Waals surface area contributed by atoms with Gasteiger partial charge in [0.2, 0.25) is 0 Å². The van der Waals surface area contributed by atoms with E-state index in [-0.39, 0.29) is 30.2 Å². The lowest BCUT2D eigenvalue weighted by Crippen LogP contribution is -2.54. The van der Waals surface area contributed by atoms with E-state index in [1.54, 1.807) is 11.1 Å². The van der Waals surface area contributed by atoms with Crippen molar-refractivity contribution in [3.05, 3.63) is 48.7 Å². The molecule has 146 valence electrons. The summed E-state index contributed by atoms with van der Waals surface area (Å²) in [5, 5.41) is 6.03. The van der Waals surface area contributed by atoms with Gasteiger partial charge in [-0.05, 0) is 32.4 Å². The highest BCUT2D eigenvalue weighted by Crippen LogP contribution is 2.27. The third-order valence-corrected chi connectivity index (χ3v) is 5.42. The molecule has 0 bridgehead atoms. The van der Waals surface area contributed by atoms with Gasteiger partial charge in [0.25, 0.3) is 0 Å². The van der Waals surface area contributed by atoms with Crippen LogP contribution in [0.15, 0.2) is 48.7 Å². The molecular weight excluding hydrogens is 354 g/mol. The zero-order valence-electron chi connectivity index (χ0n) is 16.1. The molecule has 7 nitrogen and oxygen atoms in total. The summed E-state index contributed by atoms with van der Waals surface area (Å²) in [6, 6.07) is 13.5. The minimum atomic E-state index is -0.166. The van der Waals surface area contributed by atoms with Gasteiger partial charge >= 0.3 is 12.1 Å². The summed E-state index contributed by atoms with van der Waals surface area (Å²) in [4.78, 5) is 33.2. The first-order valence-corrected chi connectivity index (χ1v) is 9.70. The molecule has 2 aliphatic heterocycles. The Bertz CT molecular complexity index is 870. The fraction of sp³-hybridized carbons (Fsp3) is 0.381. The average molecular weight is 379 g/mol. The number of carbonyl (C=O) groups excluding carboxylic acids is 2. The van der Waals surface area contributed by atoms with Gasteiger partial charge < -0.3 is 20.4 Å². The molecule has 2 aromatic rings. The summed E-state index contributed by atoms with van der Waals surface area (Å²) in [7, 11) is 0. The zero-order valence-corrected chi connectivity index (χ0v) is 16.1. The number of piperidine rings is 1. The van der Waals surface area contributed by atoms with Gasteiger partial charge in [0.15, 0.2) is 0 Å². The first-order valence-electron chi connectivity index (χ1n) is 9.70. The molecule has 2 saturated heterocycles. The molecule has 0 spiro atoms. The predicted molar refractivity (Wildman–Crippen MR) is 108 cm³/mol. The molecule has 2 atom stereocenters. The van der Waals surface area contributed by atoms with E-state index < -0.39 is 0 Å². The molecule has 0 radical (unpaired) electrons. The van der Waals surface area contributed by atoms with Gasteiger partial charge in [-0.1, -0.05) is 30.3 Å². The van der Waals surface area contributed by atoms with Crippen molar-refractivity contribution in [3.8, 4) is 11.3 Å². The lowest BCUT2D eigenvalue weighted by Gasteiger charge is -2.37. The van der Waals surface area contributed by atoms with Crippen LogP contribution in [-0.4, -0.2) is 58.1 Å². The summed E-state index contributed by atoms with van der Waals surface area (Å²) in [5.41, 5.74) is 2.37. The van der Waals surface area contributed by atoms with Crippen molar-refractivity contribution in [2.75, 3.05) is 18.4 Å². The van der Waals surface area contributed by atoms with Gasteiger partial charge in [0, 0.05) is 30.9 Å². The van der Waals surface area contributed by atoms with Crippen molar-refractivity contribution in [1.29, 1.82) is 0 Å². The summed E-state index contributed by atoms with van der Waals surface area (Å²) in [5.74, 6) is 0. The van der Waals surface area contributed by atoms with Crippen molar-refractivity contribution in [2.45, 2.75) is 38.4 Å². The molecule has 7 heteroatoms. The number of fused-ring (bicyclic) bond motifs is 1. The number of benzene rings is 1. The number of hydrogen-bond donors (Lipinski definition) is 2. The van der Waals surface area contributed by atoms with Crippen LogP contribution in [0.3, 0.4) is 0 Å². The molecule has 0 saturated carbocycles. The lowest BCUT2D eigenvalue weighted by molar-refractivity contribution is 0.138. The molecule has 2 N–H and O–H groups in total. The van der Waals surface area contributed by atoms with Gasteiger partial charge in [-0.3, -0.25) is 4.98 Å². The second-order valence-electron chi connectivity index (χ2n) is 7.55. The Morgan fingerprint density at radius 2 is 2.00 bits per heavy atom. The summed E-state index contributed by atoms with van der Waals surface area (Å²) in [6.07, 6.45) is 2.49. The maximum atomic E-state index is 12.9. The topological polar surface area (TPSA) is 77.6 Å². The van der Waals surface area contributed by atoms with Crippen LogP contribution in [0.4, 0.5) is 15.3 Å². The number of anilines is 1. The van der Waals surface area contributed by atoms with Crippen molar-refractivity contribution >= 4 is 17.7 Å². The molecule has 28 heavy (non-hydrogen) atoms. The van der Waals surface area contributed by atoms with Gasteiger partial charge in [-0.25, -0.2) is 9.59 Å². The van der Waals surface area contributed by atoms with Crippen molar-refractivity contribution in [1.82, 2.24) is 20.1 Å². The van der Waals surface area contributed by atoms with Crippen molar-refractivity contribution < 1.29 is 9.59 Å². The Morgan fingerprint density at radius 3 is 2.75 bits per heavy atom. The standard InChI is InChI=1S/C21H25N5O2/c1-14(2)26-18-10-12-25(13-17(18)24-21(26)28)20(27)23-16-9-6-11-22-19(16)15-7-4-3-5-8-15/h3-9,11,14,17-18H,10,12-13H2,1-2H3,(H,23,27)(H,24,28)/t17-,18+/m1/s1. The van der Waals surface area contributed by atoms with E-state index in [4.69, 9.17) is 0 Å². The second-order valence-corrected chi connectivity index (χ2v) is 7.55. The SMILES string of the molecule is CC(C)N1C(=O)N[C@@H]2CN(C(=O)Nc3cccnc3-c3ccccc3)CC[C@@H]21. The van der Waals surface area contributed by atoms with E-state index in [0.29, 0.717) is 18.8 Å². The highest BCUT2D eigenvalue weighted by atomic mass is 16.2. The van der Waals surface area contributed by atoms with Gasteiger partial charge in [0.1, 0.15) is 0 Å². The van der Waals surface area contributed by atoms with Crippen molar-refractivity contribution in [2.24, 2.45) is 0 Å². The molecule has 0 aliphatic carbocycles. The van der Waals surface area contributed by atoms with E-state index in [2.05, 4.69) is 15.6 Å². The van der Waals surface area contributed by atoms with Crippen LogP contribution in [0.25, 0.3) is 11.3 Å². The van der Waals surface area contributed by atoms with Crippen LogP contribution in [0, 0.1) is 0 Å². The van der Waals surface area contributed by atoms with Crippen LogP contribution in [0.5, 0.6) is 0 Å². The molecule has 0 unspecified atom stereocenters. The first-order chi connectivity index (χ1) is 13.5. The number of rotatable bonds is 3. The third-order valence-electron chi connectivity index (χ3n) is 5.42. The maximum absolute atomic E-state index is 12.9. The summed E-state index contributed by atoms with van der Waals surface area (Å²) < 4.78 is 0. The van der Waals surface area contributed by atoms with Gasteiger partial charge in [0.05, 0.1) is 23.5 Å². The number of urea groups is 2. The fourth-order valence-electron chi connectivity index (χ4n) is 4.13. The van der Waals surface area contributed by atoms with E-state index in [9.17, 15) is 9.59 Å². The van der Waals surface area contributed by atoms with E-state index in [1.807, 2.05) is 61.2 Å². The van der Waals surface area contributed by atoms with Crippen LogP contribution in [0.1, 0.15) is 20.3 Å². The summed E-state index contributed by atoms with van der Waals surface area (Å²) >= 11 is 0. The number of carbonyl (C=O) groups is 2. The molecular formula is C21H25N5O2. The number of likely N-dealkylation sites (tertiary alicyclic amines) is 1. The van der Waals surface area contributed by atoms with Gasteiger partial charge in [-0.2, -0.15) is 0 Å². The Balaban J connectivity index is 1.47. The van der Waals surface area contributed by atoms with E-state index in [1.165, 1.54) is 0 Å². The van der Waals surface area contributed by atoms with Crippen LogP contribution in [-0.2, 0) is 0 Å². The molecule has 2 fully saturated rings. The molecule has 1 aromatic carbocycles. The van der Waals surface area contributed by atoms with Gasteiger partial charge in [-0.15, -0.1) is 0 Å². The molecule has 1 aromatic heterocycles. The molecule has 4 amide bonds. The quantitative estimate of drug-likeness (QED) is 0.860. The maximum Gasteiger partial charge on any atom is 0.321 e. The highest BCUT2D eigenvalue weighted by molar-refractivity contribution is 5.93. The predicted octanol–water partition coefficient (Wildman–Crippen LogP) is 3.16. The highest BCUT2D eigenvalue weighted by Gasteiger charge is 2.44. The zero-order chi connectivity index (χ0) is 19.7.